The molecule has 0 aromatic heterocycles. The van der Waals surface area contributed by atoms with Gasteiger partial charge in [0.25, 0.3) is 0 Å². The van der Waals surface area contributed by atoms with E-state index in [2.05, 4.69) is 10.0 Å². The lowest BCUT2D eigenvalue weighted by atomic mass is 9.94. The largest absolute Gasteiger partial charge is 0.497 e. The van der Waals surface area contributed by atoms with Crippen molar-refractivity contribution in [2.45, 2.75) is 36.9 Å². The number of carbonyl (C=O) groups excluding carboxylic acids is 1. The predicted molar refractivity (Wildman–Crippen MR) is 155 cm³/mol. The van der Waals surface area contributed by atoms with E-state index in [-0.39, 0.29) is 12.6 Å². The van der Waals surface area contributed by atoms with Gasteiger partial charge in [0.1, 0.15) is 22.8 Å². The lowest BCUT2D eigenvalue weighted by molar-refractivity contribution is -0.146. The van der Waals surface area contributed by atoms with Crippen molar-refractivity contribution >= 4 is 17.0 Å². The van der Waals surface area contributed by atoms with Crippen LogP contribution in [0.4, 0.5) is 0 Å². The van der Waals surface area contributed by atoms with Crippen molar-refractivity contribution in [3.8, 4) is 5.75 Å². The minimum Gasteiger partial charge on any atom is -0.497 e. The summed E-state index contributed by atoms with van der Waals surface area (Å²) in [6, 6.07) is 32.9. The van der Waals surface area contributed by atoms with Gasteiger partial charge in [-0.25, -0.2) is 8.93 Å². The van der Waals surface area contributed by atoms with E-state index in [9.17, 15) is 9.00 Å². The smallest absolute Gasteiger partial charge is 0.325 e. The Kier molecular flexibility index (Phi) is 10.0. The maximum absolute atomic E-state index is 13.6. The number of carbonyl (C=O) groups is 1. The molecule has 0 aliphatic carbocycles. The molecule has 0 heterocycles. The lowest BCUT2D eigenvalue weighted by Crippen LogP contribution is -2.49. The van der Waals surface area contributed by atoms with Gasteiger partial charge in [-0.05, 0) is 54.8 Å². The van der Waals surface area contributed by atoms with Crippen molar-refractivity contribution in [1.29, 1.82) is 0 Å². The van der Waals surface area contributed by atoms with E-state index in [0.29, 0.717) is 10.6 Å². The van der Waals surface area contributed by atoms with Gasteiger partial charge >= 0.3 is 5.97 Å². The van der Waals surface area contributed by atoms with Gasteiger partial charge in [-0.15, -0.1) is 0 Å². The van der Waals surface area contributed by atoms with E-state index in [0.717, 1.165) is 22.3 Å². The van der Waals surface area contributed by atoms with E-state index >= 15 is 0 Å². The van der Waals surface area contributed by atoms with E-state index in [1.807, 2.05) is 116 Å². The summed E-state index contributed by atoms with van der Waals surface area (Å²) in [5, 5.41) is 3.56. The Hall–Kier alpha value is -3.78. The minimum atomic E-state index is -1.60. The second-order valence-electron chi connectivity index (χ2n) is 9.10. The maximum atomic E-state index is 13.6. The third-order valence-corrected chi connectivity index (χ3v) is 7.60. The van der Waals surface area contributed by atoms with E-state index in [1.54, 1.807) is 14.0 Å². The molecule has 0 aliphatic rings. The van der Waals surface area contributed by atoms with E-state index in [4.69, 9.17) is 9.47 Å². The second-order valence-corrected chi connectivity index (χ2v) is 10.3. The molecule has 0 amide bonds. The topological polar surface area (TPSA) is 76.7 Å². The standard InChI is InChI=1S/C32H34N2O4S/c1-4-38-32(35)31(33-29(24-11-7-5-8-12-24)25-13-9-6-10-14-25)30(26-17-19-27(37-3)20-18-26)34-39(36)28-21-15-23(2)16-22-28/h5-22,29-31,33-34H,4H2,1-3H3/t30-,31-,39?/m0/s1. The molecule has 202 valence electrons. The number of nitrogens with one attached hydrogen (secondary N) is 2. The van der Waals surface area contributed by atoms with Gasteiger partial charge in [-0.1, -0.05) is 90.5 Å². The summed E-state index contributed by atoms with van der Waals surface area (Å²) >= 11 is 0. The first-order chi connectivity index (χ1) is 19.0. The SMILES string of the molecule is CCOC(=O)[C@@H](NC(c1ccccc1)c1ccccc1)[C@@H](NS(=O)c1ccc(C)cc1)c1ccc(OC)cc1. The zero-order valence-electron chi connectivity index (χ0n) is 22.4. The van der Waals surface area contributed by atoms with Crippen LogP contribution >= 0.6 is 0 Å². The van der Waals surface area contributed by atoms with Gasteiger partial charge in [0.05, 0.1) is 30.7 Å². The fourth-order valence-electron chi connectivity index (χ4n) is 4.37. The number of esters is 1. The quantitative estimate of drug-likeness (QED) is 0.226. The van der Waals surface area contributed by atoms with Crippen LogP contribution in [0.3, 0.4) is 0 Å². The van der Waals surface area contributed by atoms with Gasteiger partial charge in [0.2, 0.25) is 0 Å². The molecule has 0 saturated carbocycles. The number of hydrogen-bond donors (Lipinski definition) is 2. The fourth-order valence-corrected chi connectivity index (χ4v) is 5.39. The number of hydrogen-bond acceptors (Lipinski definition) is 5. The Bertz CT molecular complexity index is 1310. The van der Waals surface area contributed by atoms with Crippen molar-refractivity contribution in [3.63, 3.8) is 0 Å². The molecule has 2 N–H and O–H groups in total. The summed E-state index contributed by atoms with van der Waals surface area (Å²) in [5.41, 5.74) is 3.82. The summed E-state index contributed by atoms with van der Waals surface area (Å²) in [4.78, 5) is 14.2. The number of rotatable bonds is 12. The highest BCUT2D eigenvalue weighted by atomic mass is 32.2. The molecule has 7 heteroatoms. The molecule has 4 rings (SSSR count). The highest BCUT2D eigenvalue weighted by Crippen LogP contribution is 2.28. The zero-order chi connectivity index (χ0) is 27.6. The van der Waals surface area contributed by atoms with Crippen molar-refractivity contribution in [2.75, 3.05) is 13.7 Å². The third kappa shape index (κ3) is 7.41. The van der Waals surface area contributed by atoms with E-state index < -0.39 is 29.0 Å². The summed E-state index contributed by atoms with van der Waals surface area (Å²) in [7, 11) is -0.00160. The summed E-state index contributed by atoms with van der Waals surface area (Å²) < 4.78 is 27.7. The molecule has 39 heavy (non-hydrogen) atoms. The van der Waals surface area contributed by atoms with Crippen LogP contribution < -0.4 is 14.8 Å². The maximum Gasteiger partial charge on any atom is 0.325 e. The summed E-state index contributed by atoms with van der Waals surface area (Å²) in [6.45, 7) is 3.98. The molecule has 0 saturated heterocycles. The Morgan fingerprint density at radius 3 is 1.87 bits per heavy atom. The molecule has 0 fully saturated rings. The van der Waals surface area contributed by atoms with Crippen LogP contribution in [0.25, 0.3) is 0 Å². The molecule has 0 bridgehead atoms. The molecule has 1 unspecified atom stereocenters. The first kappa shape index (κ1) is 28.2. The van der Waals surface area contributed by atoms with Crippen molar-refractivity contribution < 1.29 is 18.5 Å². The zero-order valence-corrected chi connectivity index (χ0v) is 23.2. The van der Waals surface area contributed by atoms with Gasteiger partial charge in [0, 0.05) is 0 Å². The van der Waals surface area contributed by atoms with Crippen molar-refractivity contribution in [1.82, 2.24) is 10.0 Å². The van der Waals surface area contributed by atoms with Gasteiger partial charge in [0.15, 0.2) is 0 Å². The van der Waals surface area contributed by atoms with Gasteiger partial charge in [-0.3, -0.25) is 10.1 Å². The molecule has 4 aromatic carbocycles. The highest BCUT2D eigenvalue weighted by Gasteiger charge is 2.35. The molecular weight excluding hydrogens is 508 g/mol. The van der Waals surface area contributed by atoms with Crippen LogP contribution in [0, 0.1) is 6.92 Å². The van der Waals surface area contributed by atoms with Crippen LogP contribution in [0.1, 0.15) is 41.3 Å². The molecular formula is C32H34N2O4S. The number of methoxy groups -OCH3 is 1. The number of ether oxygens (including phenoxy) is 2. The summed E-state index contributed by atoms with van der Waals surface area (Å²) in [5.74, 6) is 0.243. The van der Waals surface area contributed by atoms with Crippen molar-refractivity contribution in [3.05, 3.63) is 131 Å². The minimum absolute atomic E-state index is 0.217. The molecule has 3 atom stereocenters. The lowest BCUT2D eigenvalue weighted by Gasteiger charge is -2.31. The monoisotopic (exact) mass is 542 g/mol. The van der Waals surface area contributed by atoms with Crippen LogP contribution in [-0.2, 0) is 20.5 Å². The Labute approximate surface area is 233 Å². The number of aryl methyl sites for hydroxylation is 1. The average molecular weight is 543 g/mol. The van der Waals surface area contributed by atoms with Crippen LogP contribution in [0.5, 0.6) is 5.75 Å². The third-order valence-electron chi connectivity index (χ3n) is 6.43. The average Bonchev–Trinajstić information content (AvgIpc) is 2.98. The molecule has 0 radical (unpaired) electrons. The fraction of sp³-hybridized carbons (Fsp3) is 0.219. The first-order valence-electron chi connectivity index (χ1n) is 12.9. The van der Waals surface area contributed by atoms with Crippen LogP contribution in [0.15, 0.2) is 114 Å². The highest BCUT2D eigenvalue weighted by molar-refractivity contribution is 7.83. The second kappa shape index (κ2) is 13.8. The van der Waals surface area contributed by atoms with Crippen LogP contribution in [0.2, 0.25) is 0 Å². The Balaban J connectivity index is 1.78. The molecule has 6 nitrogen and oxygen atoms in total. The predicted octanol–water partition coefficient (Wildman–Crippen LogP) is 5.67. The van der Waals surface area contributed by atoms with E-state index in [1.165, 1.54) is 0 Å². The normalized spacial score (nSPS) is 13.4. The Morgan fingerprint density at radius 2 is 1.36 bits per heavy atom. The Morgan fingerprint density at radius 1 is 0.795 bits per heavy atom. The molecule has 0 spiro atoms. The molecule has 0 aliphatic heterocycles. The van der Waals surface area contributed by atoms with Crippen molar-refractivity contribution in [2.24, 2.45) is 0 Å². The number of benzene rings is 4. The van der Waals surface area contributed by atoms with Crippen LogP contribution in [-0.4, -0.2) is 29.9 Å². The first-order valence-corrected chi connectivity index (χ1v) is 14.1. The summed E-state index contributed by atoms with van der Waals surface area (Å²) in [6.07, 6.45) is 0. The molecule has 4 aromatic rings. The van der Waals surface area contributed by atoms with Gasteiger partial charge in [-0.2, -0.15) is 0 Å². The van der Waals surface area contributed by atoms with Gasteiger partial charge < -0.3 is 9.47 Å².